The van der Waals surface area contributed by atoms with Gasteiger partial charge in [-0.1, -0.05) is 24.3 Å². The van der Waals surface area contributed by atoms with Crippen molar-refractivity contribution in [3.63, 3.8) is 0 Å². The van der Waals surface area contributed by atoms with Gasteiger partial charge in [-0.2, -0.15) is 13.2 Å². The van der Waals surface area contributed by atoms with E-state index in [1.54, 1.807) is 6.07 Å². The van der Waals surface area contributed by atoms with Crippen LogP contribution >= 0.6 is 11.8 Å². The predicted molar refractivity (Wildman–Crippen MR) is 109 cm³/mol. The Bertz CT molecular complexity index is 1050. The van der Waals surface area contributed by atoms with E-state index in [0.717, 1.165) is 28.2 Å². The van der Waals surface area contributed by atoms with Gasteiger partial charge < -0.3 is 5.32 Å². The predicted octanol–water partition coefficient (Wildman–Crippen LogP) is 5.00. The van der Waals surface area contributed by atoms with Crippen LogP contribution in [0, 0.1) is 13.8 Å². The lowest BCUT2D eigenvalue weighted by molar-refractivity contribution is -0.137. The topological polar surface area (TPSA) is 66.5 Å². The smallest absolute Gasteiger partial charge is 0.324 e. The summed E-state index contributed by atoms with van der Waals surface area (Å²) in [7, 11) is 0. The van der Waals surface area contributed by atoms with Crippen LogP contribution in [0.4, 0.5) is 23.7 Å². The monoisotopic (exact) mass is 434 g/mol. The third kappa shape index (κ3) is 4.91. The molecule has 9 heteroatoms. The van der Waals surface area contributed by atoms with Crippen LogP contribution in [0.3, 0.4) is 0 Å². The molecule has 0 saturated carbocycles. The molecule has 1 fully saturated rings. The van der Waals surface area contributed by atoms with Crippen molar-refractivity contribution in [3.05, 3.63) is 69.6 Å². The van der Waals surface area contributed by atoms with E-state index in [4.69, 9.17) is 0 Å². The molecule has 0 spiro atoms. The van der Waals surface area contributed by atoms with Crippen molar-refractivity contribution in [2.24, 2.45) is 0 Å². The highest BCUT2D eigenvalue weighted by Gasteiger charge is 2.36. The maximum Gasteiger partial charge on any atom is 0.416 e. The number of amides is 3. The number of benzene rings is 2. The SMILES string of the molecule is Cc1ccc(C)c(NC(=O)CN2C(=O)S/C(=C\c3ccc(C(F)(F)F)cc3)C2=O)c1. The van der Waals surface area contributed by atoms with E-state index in [2.05, 4.69) is 5.32 Å². The molecule has 0 atom stereocenters. The fourth-order valence-corrected chi connectivity index (χ4v) is 3.60. The summed E-state index contributed by atoms with van der Waals surface area (Å²) in [6.07, 6.45) is -3.13. The van der Waals surface area contributed by atoms with Crippen molar-refractivity contribution in [1.82, 2.24) is 4.90 Å². The first-order valence-corrected chi connectivity index (χ1v) is 9.66. The Hall–Kier alpha value is -3.07. The standard InChI is InChI=1S/C21H17F3N2O3S/c1-12-3-4-13(2)16(9-12)25-18(27)11-26-19(28)17(30-20(26)29)10-14-5-7-15(8-6-14)21(22,23)24/h3-10H,11H2,1-2H3,(H,25,27)/b17-10-. The zero-order chi connectivity index (χ0) is 22.1. The van der Waals surface area contributed by atoms with Crippen LogP contribution < -0.4 is 5.32 Å². The number of nitrogens with zero attached hydrogens (tertiary/aromatic N) is 1. The van der Waals surface area contributed by atoms with E-state index in [1.807, 2.05) is 26.0 Å². The average Bonchev–Trinajstić information content (AvgIpc) is 2.92. The molecule has 5 nitrogen and oxygen atoms in total. The summed E-state index contributed by atoms with van der Waals surface area (Å²) in [5.41, 5.74) is 1.91. The second-order valence-corrected chi connectivity index (χ2v) is 7.75. The minimum atomic E-state index is -4.46. The number of alkyl halides is 3. The van der Waals surface area contributed by atoms with Gasteiger partial charge in [-0.25, -0.2) is 0 Å². The van der Waals surface area contributed by atoms with Gasteiger partial charge in [0.15, 0.2) is 0 Å². The number of hydrogen-bond acceptors (Lipinski definition) is 4. The molecule has 3 amide bonds. The molecule has 1 aliphatic heterocycles. The van der Waals surface area contributed by atoms with Gasteiger partial charge in [0.1, 0.15) is 6.54 Å². The number of thioether (sulfide) groups is 1. The van der Waals surface area contributed by atoms with Crippen molar-refractivity contribution in [2.45, 2.75) is 20.0 Å². The molecule has 2 aromatic rings. The number of imide groups is 1. The molecule has 0 aromatic heterocycles. The van der Waals surface area contributed by atoms with Gasteiger partial charge in [0.05, 0.1) is 10.5 Å². The molecule has 1 heterocycles. The van der Waals surface area contributed by atoms with Crippen molar-refractivity contribution in [1.29, 1.82) is 0 Å². The maximum atomic E-state index is 12.7. The minimum absolute atomic E-state index is 0.0410. The molecular weight excluding hydrogens is 417 g/mol. The molecule has 2 aromatic carbocycles. The Morgan fingerprint density at radius 1 is 1.10 bits per heavy atom. The molecule has 30 heavy (non-hydrogen) atoms. The molecule has 156 valence electrons. The van der Waals surface area contributed by atoms with Gasteiger partial charge in [0.2, 0.25) is 5.91 Å². The van der Waals surface area contributed by atoms with E-state index in [-0.39, 0.29) is 4.91 Å². The van der Waals surface area contributed by atoms with E-state index >= 15 is 0 Å². The summed E-state index contributed by atoms with van der Waals surface area (Å²) >= 11 is 0.637. The molecule has 1 N–H and O–H groups in total. The third-order valence-electron chi connectivity index (χ3n) is 4.38. The van der Waals surface area contributed by atoms with Crippen LogP contribution in [0.2, 0.25) is 0 Å². The lowest BCUT2D eigenvalue weighted by Gasteiger charge is -2.14. The third-order valence-corrected chi connectivity index (χ3v) is 5.29. The summed E-state index contributed by atoms with van der Waals surface area (Å²) in [5.74, 6) is -1.19. The zero-order valence-electron chi connectivity index (χ0n) is 16.0. The van der Waals surface area contributed by atoms with E-state index in [0.29, 0.717) is 23.0 Å². The van der Waals surface area contributed by atoms with Crippen LogP contribution in [-0.4, -0.2) is 28.5 Å². The van der Waals surface area contributed by atoms with Gasteiger partial charge in [-0.3, -0.25) is 19.3 Å². The summed E-state index contributed by atoms with van der Waals surface area (Å²) in [6, 6.07) is 9.74. The first kappa shape index (κ1) is 21.6. The molecular formula is C21H17F3N2O3S. The van der Waals surface area contributed by atoms with E-state index < -0.39 is 35.3 Å². The van der Waals surface area contributed by atoms with Crippen LogP contribution in [0.1, 0.15) is 22.3 Å². The number of aryl methyl sites for hydroxylation is 2. The Balaban J connectivity index is 1.70. The van der Waals surface area contributed by atoms with E-state index in [9.17, 15) is 27.6 Å². The van der Waals surface area contributed by atoms with Gasteiger partial charge >= 0.3 is 6.18 Å². The lowest BCUT2D eigenvalue weighted by Crippen LogP contribution is -2.36. The summed E-state index contributed by atoms with van der Waals surface area (Å²) in [6.45, 7) is 3.24. The van der Waals surface area contributed by atoms with Crippen molar-refractivity contribution in [3.8, 4) is 0 Å². The maximum absolute atomic E-state index is 12.7. The van der Waals surface area contributed by atoms with Gasteiger partial charge in [0.25, 0.3) is 11.1 Å². The summed E-state index contributed by atoms with van der Waals surface area (Å²) in [5, 5.41) is 2.07. The number of anilines is 1. The Labute approximate surface area is 174 Å². The van der Waals surface area contributed by atoms with Crippen LogP contribution in [-0.2, 0) is 15.8 Å². The molecule has 1 saturated heterocycles. The summed E-state index contributed by atoms with van der Waals surface area (Å²) < 4.78 is 38.0. The van der Waals surface area contributed by atoms with Crippen molar-refractivity contribution in [2.75, 3.05) is 11.9 Å². The fourth-order valence-electron chi connectivity index (χ4n) is 2.76. The second-order valence-electron chi connectivity index (χ2n) is 6.75. The van der Waals surface area contributed by atoms with Crippen LogP contribution in [0.5, 0.6) is 0 Å². The van der Waals surface area contributed by atoms with Gasteiger partial charge in [0, 0.05) is 5.69 Å². The number of halogens is 3. The van der Waals surface area contributed by atoms with Crippen molar-refractivity contribution >= 4 is 40.6 Å². The number of hydrogen-bond donors (Lipinski definition) is 1. The Kier molecular flexibility index (Phi) is 6.02. The largest absolute Gasteiger partial charge is 0.416 e. The first-order chi connectivity index (χ1) is 14.0. The molecule has 0 bridgehead atoms. The van der Waals surface area contributed by atoms with Gasteiger partial charge in [-0.15, -0.1) is 0 Å². The lowest BCUT2D eigenvalue weighted by atomic mass is 10.1. The number of rotatable bonds is 4. The molecule has 0 aliphatic carbocycles. The van der Waals surface area contributed by atoms with Crippen molar-refractivity contribution < 1.29 is 27.6 Å². The molecule has 1 aliphatic rings. The number of carbonyl (C=O) groups is 3. The number of carbonyl (C=O) groups excluding carboxylic acids is 3. The Morgan fingerprint density at radius 3 is 2.40 bits per heavy atom. The second kappa shape index (κ2) is 8.35. The fraction of sp³-hybridized carbons (Fsp3) is 0.190. The minimum Gasteiger partial charge on any atom is -0.324 e. The highest BCUT2D eigenvalue weighted by atomic mass is 32.2. The summed E-state index contributed by atoms with van der Waals surface area (Å²) in [4.78, 5) is 37.9. The normalized spacial score (nSPS) is 15.8. The van der Waals surface area contributed by atoms with Crippen LogP contribution in [0.25, 0.3) is 6.08 Å². The molecule has 0 radical (unpaired) electrons. The quantitative estimate of drug-likeness (QED) is 0.688. The highest BCUT2D eigenvalue weighted by molar-refractivity contribution is 8.18. The first-order valence-electron chi connectivity index (χ1n) is 8.84. The molecule has 3 rings (SSSR count). The number of nitrogens with one attached hydrogen (secondary N) is 1. The van der Waals surface area contributed by atoms with Crippen LogP contribution in [0.15, 0.2) is 47.4 Å². The van der Waals surface area contributed by atoms with E-state index in [1.165, 1.54) is 18.2 Å². The van der Waals surface area contributed by atoms with Gasteiger partial charge in [-0.05, 0) is 66.6 Å². The highest BCUT2D eigenvalue weighted by Crippen LogP contribution is 2.33. The average molecular weight is 434 g/mol. The molecule has 0 unspecified atom stereocenters. The zero-order valence-corrected chi connectivity index (χ0v) is 16.9. The Morgan fingerprint density at radius 2 is 1.77 bits per heavy atom.